The number of nitrogens with zero attached hydrogens (tertiary/aromatic N) is 2. The van der Waals surface area contributed by atoms with Crippen molar-refractivity contribution in [3.63, 3.8) is 0 Å². The number of hydrogen-bond acceptors (Lipinski definition) is 7. The van der Waals surface area contributed by atoms with E-state index in [9.17, 15) is 9.59 Å². The van der Waals surface area contributed by atoms with E-state index in [1.807, 2.05) is 30.3 Å². The van der Waals surface area contributed by atoms with Gasteiger partial charge in [-0.1, -0.05) is 17.4 Å². The average molecular weight is 795 g/mol. The molecule has 1 aromatic heterocycles. The van der Waals surface area contributed by atoms with Crippen molar-refractivity contribution in [3.8, 4) is 11.5 Å². The summed E-state index contributed by atoms with van der Waals surface area (Å²) in [4.78, 5) is 32.0. The number of hydrogen-bond donors (Lipinski definition) is 0. The maximum Gasteiger partial charge on any atom is 0.338 e. The monoisotopic (exact) mass is 794 g/mol. The minimum absolute atomic E-state index is 0.216. The van der Waals surface area contributed by atoms with E-state index in [-0.39, 0.29) is 12.2 Å². The third-order valence-electron chi connectivity index (χ3n) is 5.53. The highest BCUT2D eigenvalue weighted by molar-refractivity contribution is 14.1. The van der Waals surface area contributed by atoms with Gasteiger partial charge in [0.2, 0.25) is 0 Å². The van der Waals surface area contributed by atoms with Crippen LogP contribution in [0.3, 0.4) is 0 Å². The summed E-state index contributed by atoms with van der Waals surface area (Å²) in [5.74, 6) is 0.951. The summed E-state index contributed by atoms with van der Waals surface area (Å²) < 4.78 is 20.9. The van der Waals surface area contributed by atoms with Crippen molar-refractivity contribution < 1.29 is 19.0 Å². The predicted molar refractivity (Wildman–Crippen MR) is 160 cm³/mol. The van der Waals surface area contributed by atoms with Crippen molar-refractivity contribution in [2.75, 3.05) is 20.8 Å². The number of halogens is 3. The zero-order chi connectivity index (χ0) is 26.1. The summed E-state index contributed by atoms with van der Waals surface area (Å²) in [5, 5.41) is 0. The zero-order valence-corrected chi connectivity index (χ0v) is 26.4. The average Bonchev–Trinajstić information content (AvgIpc) is 3.12. The van der Waals surface area contributed by atoms with Gasteiger partial charge in [-0.2, -0.15) is 0 Å². The van der Waals surface area contributed by atoms with E-state index in [1.165, 1.54) is 11.3 Å². The van der Waals surface area contributed by atoms with Crippen LogP contribution in [0.2, 0.25) is 0 Å². The van der Waals surface area contributed by atoms with Gasteiger partial charge in [-0.25, -0.2) is 9.79 Å². The molecule has 0 radical (unpaired) electrons. The van der Waals surface area contributed by atoms with Crippen LogP contribution in [-0.2, 0) is 9.53 Å². The lowest BCUT2D eigenvalue weighted by atomic mass is 9.96. The van der Waals surface area contributed by atoms with Gasteiger partial charge in [-0.05, 0) is 116 Å². The molecule has 36 heavy (non-hydrogen) atoms. The second-order valence-electron chi connectivity index (χ2n) is 7.71. The Bertz CT molecular complexity index is 1550. The van der Waals surface area contributed by atoms with Crippen LogP contribution in [0.15, 0.2) is 55.9 Å². The molecule has 2 heterocycles. The number of aromatic nitrogens is 1. The molecule has 7 nitrogen and oxygen atoms in total. The molecule has 0 spiro atoms. The van der Waals surface area contributed by atoms with Crippen molar-refractivity contribution in [1.29, 1.82) is 0 Å². The molecule has 1 unspecified atom stereocenters. The molecule has 2 aromatic carbocycles. The van der Waals surface area contributed by atoms with Crippen LogP contribution >= 0.6 is 72.4 Å². The quantitative estimate of drug-likeness (QED) is 0.265. The number of fused-ring (bicyclic) bond motifs is 1. The molecule has 11 heteroatoms. The van der Waals surface area contributed by atoms with Gasteiger partial charge in [-0.3, -0.25) is 9.36 Å². The largest absolute Gasteiger partial charge is 0.496 e. The molecule has 3 aromatic rings. The number of carbonyl (C=O) groups excluding carboxylic acids is 1. The minimum atomic E-state index is -0.694. The Balaban J connectivity index is 1.96. The van der Waals surface area contributed by atoms with E-state index in [0.29, 0.717) is 30.8 Å². The van der Waals surface area contributed by atoms with E-state index in [2.05, 4.69) is 66.1 Å². The minimum Gasteiger partial charge on any atom is -0.496 e. The van der Waals surface area contributed by atoms with Crippen LogP contribution in [0.4, 0.5) is 0 Å². The number of benzene rings is 2. The number of allylic oxidation sites excluding steroid dienone is 1. The molecule has 0 bridgehead atoms. The van der Waals surface area contributed by atoms with Gasteiger partial charge in [0.25, 0.3) is 5.56 Å². The first-order valence-corrected chi connectivity index (χ1v) is 14.5. The number of ether oxygens (including phenoxy) is 3. The normalized spacial score (nSPS) is 15.4. The topological polar surface area (TPSA) is 79.1 Å². The maximum absolute atomic E-state index is 13.8. The molecule has 0 aliphatic carbocycles. The second kappa shape index (κ2) is 11.4. The fourth-order valence-corrected chi connectivity index (χ4v) is 7.83. The van der Waals surface area contributed by atoms with Crippen LogP contribution in [0, 0.1) is 7.14 Å². The Kier molecular flexibility index (Phi) is 8.62. The Morgan fingerprint density at radius 2 is 1.89 bits per heavy atom. The summed E-state index contributed by atoms with van der Waals surface area (Å²) >= 11 is 9.25. The van der Waals surface area contributed by atoms with Gasteiger partial charge in [0.15, 0.2) is 4.80 Å². The number of thiazole rings is 1. The highest BCUT2D eigenvalue weighted by atomic mass is 127. The second-order valence-corrected chi connectivity index (χ2v) is 11.9. The first-order valence-electron chi connectivity index (χ1n) is 10.8. The Hall–Kier alpha value is -1.71. The smallest absolute Gasteiger partial charge is 0.338 e. The third kappa shape index (κ3) is 5.16. The van der Waals surface area contributed by atoms with Crippen LogP contribution in [0.25, 0.3) is 6.08 Å². The first kappa shape index (κ1) is 27.3. The number of methoxy groups -OCH3 is 2. The molecule has 0 N–H and O–H groups in total. The molecule has 4 rings (SSSR count). The summed E-state index contributed by atoms with van der Waals surface area (Å²) in [6.45, 7) is 3.73. The standard InChI is InChI=1S/C25H21BrI2N2O5S/c1-5-35-24(32)20-12(2)29-25-30(21(20)14-6-7-18(33-3)15(26)11-14)23(31)19(36-25)10-13-8-16(27)22(34-4)17(28)9-13/h6-11,21H,5H2,1-4H3/b19-10-. The van der Waals surface area contributed by atoms with Gasteiger partial charge in [0.1, 0.15) is 11.5 Å². The lowest BCUT2D eigenvalue weighted by Gasteiger charge is -2.25. The van der Waals surface area contributed by atoms with Gasteiger partial charge in [0, 0.05) is 0 Å². The van der Waals surface area contributed by atoms with Crippen molar-refractivity contribution in [2.24, 2.45) is 4.99 Å². The van der Waals surface area contributed by atoms with E-state index in [1.54, 1.807) is 38.7 Å². The molecular formula is C25H21BrI2N2O5S. The Morgan fingerprint density at radius 1 is 1.19 bits per heavy atom. The molecule has 188 valence electrons. The van der Waals surface area contributed by atoms with E-state index < -0.39 is 12.0 Å². The van der Waals surface area contributed by atoms with E-state index in [0.717, 1.165) is 24.0 Å². The molecule has 0 saturated heterocycles. The fourth-order valence-electron chi connectivity index (χ4n) is 3.97. The third-order valence-corrected chi connectivity index (χ3v) is 8.74. The van der Waals surface area contributed by atoms with Gasteiger partial charge in [0.05, 0.1) is 54.3 Å². The molecule has 1 aliphatic heterocycles. The van der Waals surface area contributed by atoms with Gasteiger partial charge >= 0.3 is 5.97 Å². The molecule has 1 atom stereocenters. The Labute approximate surface area is 247 Å². The lowest BCUT2D eigenvalue weighted by Crippen LogP contribution is -2.40. The summed E-state index contributed by atoms with van der Waals surface area (Å²) in [6.07, 6.45) is 1.85. The number of rotatable bonds is 6. The van der Waals surface area contributed by atoms with Crippen molar-refractivity contribution in [3.05, 3.63) is 84.0 Å². The maximum atomic E-state index is 13.8. The highest BCUT2D eigenvalue weighted by Crippen LogP contribution is 2.35. The molecule has 1 aliphatic rings. The summed E-state index contributed by atoms with van der Waals surface area (Å²) in [5.41, 5.74) is 2.24. The van der Waals surface area contributed by atoms with Crippen LogP contribution in [-0.4, -0.2) is 31.4 Å². The van der Waals surface area contributed by atoms with Crippen LogP contribution in [0.5, 0.6) is 11.5 Å². The molecule has 0 amide bonds. The molecule has 0 fully saturated rings. The Morgan fingerprint density at radius 3 is 2.47 bits per heavy atom. The zero-order valence-electron chi connectivity index (χ0n) is 19.7. The number of esters is 1. The van der Waals surface area contributed by atoms with Crippen molar-refractivity contribution >= 4 is 84.5 Å². The SMILES string of the molecule is CCOC(=O)C1=C(C)N=c2s/c(=C\c3cc(I)c(OC)c(I)c3)c(=O)n2C1c1ccc(OC)c(Br)c1. The van der Waals surface area contributed by atoms with Gasteiger partial charge in [-0.15, -0.1) is 0 Å². The predicted octanol–water partition coefficient (Wildman–Crippen LogP) is 4.79. The van der Waals surface area contributed by atoms with Crippen molar-refractivity contribution in [2.45, 2.75) is 19.9 Å². The summed E-state index contributed by atoms with van der Waals surface area (Å²) in [7, 11) is 3.22. The summed E-state index contributed by atoms with van der Waals surface area (Å²) in [6, 6.07) is 8.74. The first-order chi connectivity index (χ1) is 17.2. The van der Waals surface area contributed by atoms with E-state index >= 15 is 0 Å². The fraction of sp³-hybridized carbons (Fsp3) is 0.240. The van der Waals surface area contributed by atoms with Gasteiger partial charge < -0.3 is 14.2 Å². The van der Waals surface area contributed by atoms with Crippen molar-refractivity contribution in [1.82, 2.24) is 4.57 Å². The highest BCUT2D eigenvalue weighted by Gasteiger charge is 2.33. The van der Waals surface area contributed by atoms with Crippen LogP contribution < -0.4 is 24.4 Å². The lowest BCUT2D eigenvalue weighted by molar-refractivity contribution is -0.139. The number of carbonyl (C=O) groups is 1. The molecule has 0 saturated carbocycles. The van der Waals surface area contributed by atoms with E-state index in [4.69, 9.17) is 14.2 Å². The molecular weight excluding hydrogens is 774 g/mol. The van der Waals surface area contributed by atoms with Crippen LogP contribution in [0.1, 0.15) is 31.0 Å².